The minimum absolute atomic E-state index is 0.0147. The monoisotopic (exact) mass is 658 g/mol. The summed E-state index contributed by atoms with van der Waals surface area (Å²) in [5.74, 6) is -0.197. The van der Waals surface area contributed by atoms with Gasteiger partial charge in [-0.3, -0.25) is 4.79 Å². The zero-order valence-corrected chi connectivity index (χ0v) is 30.2. The van der Waals surface area contributed by atoms with Crippen molar-refractivity contribution in [3.05, 3.63) is 108 Å². The van der Waals surface area contributed by atoms with Gasteiger partial charge in [0.1, 0.15) is 5.78 Å². The first-order valence-electron chi connectivity index (χ1n) is 17.8. The lowest BCUT2D eigenvalue weighted by atomic mass is 9.80. The molecule has 0 saturated carbocycles. The van der Waals surface area contributed by atoms with Crippen LogP contribution < -0.4 is 0 Å². The molecule has 4 rings (SSSR count). The second-order valence-electron chi connectivity index (χ2n) is 14.4. The molecule has 1 aliphatic heterocycles. The van der Waals surface area contributed by atoms with Gasteiger partial charge in [-0.15, -0.1) is 0 Å². The molecule has 48 heavy (non-hydrogen) atoms. The second kappa shape index (κ2) is 18.8. The van der Waals surface area contributed by atoms with Crippen molar-refractivity contribution < 1.29 is 28.5 Å². The summed E-state index contributed by atoms with van der Waals surface area (Å²) in [5, 5.41) is 0. The number of ether oxygens (including phenoxy) is 5. The van der Waals surface area contributed by atoms with Gasteiger partial charge in [0.15, 0.2) is 5.79 Å². The van der Waals surface area contributed by atoms with Gasteiger partial charge in [-0.25, -0.2) is 0 Å². The van der Waals surface area contributed by atoms with Crippen LogP contribution in [0.4, 0.5) is 0 Å². The van der Waals surface area contributed by atoms with Crippen molar-refractivity contribution in [2.24, 2.45) is 29.6 Å². The molecule has 1 aliphatic rings. The third-order valence-electron chi connectivity index (χ3n) is 9.74. The van der Waals surface area contributed by atoms with Crippen LogP contribution in [0.25, 0.3) is 0 Å². The van der Waals surface area contributed by atoms with E-state index in [0.29, 0.717) is 39.5 Å². The fraction of sp³-hybridized carbons (Fsp3) is 0.548. The van der Waals surface area contributed by atoms with E-state index in [1.165, 1.54) is 0 Å². The topological polar surface area (TPSA) is 63.2 Å². The van der Waals surface area contributed by atoms with Crippen LogP contribution in [0.3, 0.4) is 0 Å². The summed E-state index contributed by atoms with van der Waals surface area (Å²) in [6, 6.07) is 30.6. The number of hydrogen-bond acceptors (Lipinski definition) is 6. The third kappa shape index (κ3) is 11.6. The quantitative estimate of drug-likeness (QED) is 0.128. The Morgan fingerprint density at radius 3 is 1.79 bits per heavy atom. The minimum atomic E-state index is -0.639. The van der Waals surface area contributed by atoms with Crippen LogP contribution in [0, 0.1) is 29.6 Å². The van der Waals surface area contributed by atoms with Crippen LogP contribution >= 0.6 is 0 Å². The van der Waals surface area contributed by atoms with Crippen molar-refractivity contribution in [3.63, 3.8) is 0 Å². The lowest BCUT2D eigenvalue weighted by Gasteiger charge is -2.45. The van der Waals surface area contributed by atoms with Crippen LogP contribution in [0.2, 0.25) is 0 Å². The summed E-state index contributed by atoms with van der Waals surface area (Å²) in [7, 11) is 0. The zero-order chi connectivity index (χ0) is 34.5. The number of Topliss-reactive ketones (excluding diaryl/α,β-unsaturated/α-hetero) is 1. The molecule has 0 aromatic heterocycles. The maximum absolute atomic E-state index is 13.9. The molecule has 6 heteroatoms. The Hall–Kier alpha value is -2.87. The molecule has 3 aromatic carbocycles. The van der Waals surface area contributed by atoms with Crippen molar-refractivity contribution in [2.45, 2.75) is 105 Å². The highest BCUT2D eigenvalue weighted by Crippen LogP contribution is 2.36. The molecular weight excluding hydrogens is 600 g/mol. The molecule has 0 N–H and O–H groups in total. The highest BCUT2D eigenvalue weighted by molar-refractivity contribution is 5.81. The van der Waals surface area contributed by atoms with Gasteiger partial charge < -0.3 is 23.7 Å². The molecule has 262 valence electrons. The minimum Gasteiger partial charge on any atom is -0.376 e. The average molecular weight is 659 g/mol. The van der Waals surface area contributed by atoms with Gasteiger partial charge in [0, 0.05) is 30.1 Å². The zero-order valence-electron chi connectivity index (χ0n) is 30.2. The van der Waals surface area contributed by atoms with E-state index in [1.807, 2.05) is 75.4 Å². The van der Waals surface area contributed by atoms with Crippen LogP contribution in [-0.2, 0) is 48.3 Å². The molecule has 0 spiro atoms. The van der Waals surface area contributed by atoms with Crippen molar-refractivity contribution in [3.8, 4) is 0 Å². The van der Waals surface area contributed by atoms with Crippen LogP contribution in [0.15, 0.2) is 91.0 Å². The Morgan fingerprint density at radius 1 is 0.750 bits per heavy atom. The summed E-state index contributed by atoms with van der Waals surface area (Å²) in [5.41, 5.74) is 3.36. The number of carbonyl (C=O) groups is 1. The van der Waals surface area contributed by atoms with Gasteiger partial charge >= 0.3 is 0 Å². The Bertz CT molecular complexity index is 1330. The molecule has 8 atom stereocenters. The van der Waals surface area contributed by atoms with E-state index in [9.17, 15) is 4.79 Å². The number of carbonyl (C=O) groups excluding carboxylic acids is 1. The number of ketones is 1. The summed E-state index contributed by atoms with van der Waals surface area (Å²) in [6.07, 6.45) is 0.799. The highest BCUT2D eigenvalue weighted by Gasteiger charge is 2.41. The fourth-order valence-electron chi connectivity index (χ4n) is 6.86. The summed E-state index contributed by atoms with van der Waals surface area (Å²) < 4.78 is 31.7. The molecule has 6 nitrogen and oxygen atoms in total. The average Bonchev–Trinajstić information content (AvgIpc) is 3.09. The predicted molar refractivity (Wildman–Crippen MR) is 191 cm³/mol. The van der Waals surface area contributed by atoms with Gasteiger partial charge in [-0.2, -0.15) is 0 Å². The largest absolute Gasteiger partial charge is 0.376 e. The van der Waals surface area contributed by atoms with Crippen molar-refractivity contribution in [2.75, 3.05) is 13.2 Å². The third-order valence-corrected chi connectivity index (χ3v) is 9.74. The van der Waals surface area contributed by atoms with E-state index in [-0.39, 0.29) is 53.7 Å². The Labute approximate surface area is 289 Å². The lowest BCUT2D eigenvalue weighted by Crippen LogP contribution is -2.51. The van der Waals surface area contributed by atoms with Crippen LogP contribution in [-0.4, -0.2) is 43.1 Å². The van der Waals surface area contributed by atoms with Crippen LogP contribution in [0.1, 0.15) is 78.0 Å². The molecule has 1 fully saturated rings. The normalized spacial score (nSPS) is 21.5. The van der Waals surface area contributed by atoms with Crippen LogP contribution in [0.5, 0.6) is 0 Å². The molecule has 0 bridgehead atoms. The Kier molecular flexibility index (Phi) is 14.8. The van der Waals surface area contributed by atoms with Gasteiger partial charge in [-0.05, 0) is 42.9 Å². The first-order valence-corrected chi connectivity index (χ1v) is 17.8. The number of rotatable bonds is 19. The number of hydrogen-bond donors (Lipinski definition) is 0. The van der Waals surface area contributed by atoms with Crippen molar-refractivity contribution >= 4 is 5.78 Å². The predicted octanol–water partition coefficient (Wildman–Crippen LogP) is 9.06. The molecular formula is C42H58O6. The SMILES string of the molecule is C[C@@H]([C@@H](OCc1ccccc1)[C@@H](C)CCC(=O)[C@H](C)[C@H](OCc1ccccc1)[C@H](C)COCc1ccccc1)[C@H]1OC(C)(C)OC[C@@H]1C. The molecule has 0 unspecified atom stereocenters. The van der Waals surface area contributed by atoms with E-state index in [0.717, 1.165) is 23.1 Å². The molecule has 0 aliphatic carbocycles. The Balaban J connectivity index is 1.41. The molecule has 1 saturated heterocycles. The van der Waals surface area contributed by atoms with E-state index in [1.54, 1.807) is 0 Å². The van der Waals surface area contributed by atoms with Crippen molar-refractivity contribution in [1.82, 2.24) is 0 Å². The molecule has 0 amide bonds. The van der Waals surface area contributed by atoms with Crippen molar-refractivity contribution in [1.29, 1.82) is 0 Å². The van der Waals surface area contributed by atoms with E-state index in [4.69, 9.17) is 23.7 Å². The summed E-state index contributed by atoms with van der Waals surface area (Å²) in [6.45, 7) is 17.4. The van der Waals surface area contributed by atoms with Gasteiger partial charge in [-0.1, -0.05) is 126 Å². The molecule has 3 aromatic rings. The Morgan fingerprint density at radius 2 is 1.25 bits per heavy atom. The first-order chi connectivity index (χ1) is 23.0. The van der Waals surface area contributed by atoms with Gasteiger partial charge in [0.05, 0.1) is 51.3 Å². The molecule has 0 radical (unpaired) electrons. The van der Waals surface area contributed by atoms with E-state index < -0.39 is 5.79 Å². The second-order valence-corrected chi connectivity index (χ2v) is 14.4. The highest BCUT2D eigenvalue weighted by atomic mass is 16.7. The lowest BCUT2D eigenvalue weighted by molar-refractivity contribution is -0.306. The van der Waals surface area contributed by atoms with Gasteiger partial charge in [0.25, 0.3) is 0 Å². The summed E-state index contributed by atoms with van der Waals surface area (Å²) in [4.78, 5) is 13.9. The van der Waals surface area contributed by atoms with E-state index >= 15 is 0 Å². The maximum Gasteiger partial charge on any atom is 0.163 e. The fourth-order valence-corrected chi connectivity index (χ4v) is 6.86. The number of benzene rings is 3. The van der Waals surface area contributed by atoms with Gasteiger partial charge in [0.2, 0.25) is 0 Å². The smallest absolute Gasteiger partial charge is 0.163 e. The standard InChI is InChI=1S/C42H58O6/c1-30(39(45-28-36-19-13-9-14-20-36)34(5)41-32(3)26-47-42(6,7)48-41)23-24-38(43)33(4)40(46-29-37-21-15-10-16-22-37)31(2)25-44-27-35-17-11-8-12-18-35/h8-22,30-34,39-41H,23-29H2,1-7H3/t30-,31+,32-,33-,34-,39-,40+,41-/m0/s1. The molecule has 1 heterocycles. The first kappa shape index (κ1) is 37.9. The maximum atomic E-state index is 13.9. The van der Waals surface area contributed by atoms with E-state index in [2.05, 4.69) is 64.1 Å². The summed E-state index contributed by atoms with van der Waals surface area (Å²) >= 11 is 0.